The number of nitrogens with one attached hydrogen (secondary N) is 1. The van der Waals surface area contributed by atoms with Crippen molar-refractivity contribution in [2.24, 2.45) is 11.1 Å². The molecule has 2 heterocycles. The monoisotopic (exact) mass is 521 g/mol. The third kappa shape index (κ3) is 6.02. The number of carbonyl (C=O) groups is 4. The van der Waals surface area contributed by atoms with Crippen LogP contribution >= 0.6 is 0 Å². The van der Waals surface area contributed by atoms with Crippen LogP contribution in [0, 0.1) is 12.3 Å². The lowest BCUT2D eigenvalue weighted by Gasteiger charge is -2.29. The molecule has 0 spiro atoms. The van der Waals surface area contributed by atoms with E-state index in [0.29, 0.717) is 68.1 Å². The highest BCUT2D eigenvalue weighted by molar-refractivity contribution is 6.12. The number of unbranched alkanes of at least 4 members (excludes halogenated alkanes) is 1. The van der Waals surface area contributed by atoms with E-state index in [1.807, 2.05) is 17.7 Å². The topological polar surface area (TPSA) is 137 Å². The molecule has 1 aromatic carbocycles. The second-order valence-corrected chi connectivity index (χ2v) is 10.6. The number of benzene rings is 1. The van der Waals surface area contributed by atoms with Gasteiger partial charge in [-0.3, -0.25) is 24.1 Å². The van der Waals surface area contributed by atoms with Crippen LogP contribution in [0.15, 0.2) is 30.4 Å². The maximum Gasteiger partial charge on any atom is 0.253 e. The van der Waals surface area contributed by atoms with Crippen molar-refractivity contribution >= 4 is 29.2 Å². The minimum Gasteiger partial charge on any atom is -0.384 e. The second kappa shape index (κ2) is 11.3. The van der Waals surface area contributed by atoms with E-state index in [1.54, 1.807) is 12.1 Å². The number of Topliss-reactive ketones (excluding diaryl/α,β-unsaturated/α-hetero) is 1. The van der Waals surface area contributed by atoms with Crippen molar-refractivity contribution < 1.29 is 23.9 Å². The summed E-state index contributed by atoms with van der Waals surface area (Å²) < 4.78 is 7.48. The van der Waals surface area contributed by atoms with E-state index in [2.05, 4.69) is 24.3 Å². The number of nitrogens with two attached hydrogens (primary N) is 1. The molecule has 2 aromatic rings. The van der Waals surface area contributed by atoms with Gasteiger partial charge in [0.25, 0.3) is 17.7 Å². The molecule has 0 saturated heterocycles. The van der Waals surface area contributed by atoms with Gasteiger partial charge >= 0.3 is 0 Å². The number of primary amides is 1. The first-order valence-corrected chi connectivity index (χ1v) is 13.0. The lowest BCUT2D eigenvalue weighted by Crippen LogP contribution is -2.31. The normalized spacial score (nSPS) is 16.3. The number of rotatable bonds is 12. The minimum absolute atomic E-state index is 0.113. The van der Waals surface area contributed by atoms with Gasteiger partial charge in [0.2, 0.25) is 0 Å². The quantitative estimate of drug-likeness (QED) is 0.324. The molecule has 0 bridgehead atoms. The summed E-state index contributed by atoms with van der Waals surface area (Å²) in [6.07, 6.45) is 5.93. The third-order valence-corrected chi connectivity index (χ3v) is 6.84. The zero-order chi connectivity index (χ0) is 27.4. The van der Waals surface area contributed by atoms with E-state index in [-0.39, 0.29) is 23.0 Å². The Hall–Kier alpha value is -3.79. The molecule has 10 nitrogen and oxygen atoms in total. The number of carbonyl (C=O) groups excluding carboxylic acids is 4. The van der Waals surface area contributed by atoms with E-state index < -0.39 is 5.91 Å². The first kappa shape index (κ1) is 27.3. The smallest absolute Gasteiger partial charge is 0.253 e. The Labute approximate surface area is 222 Å². The van der Waals surface area contributed by atoms with Crippen LogP contribution in [0.3, 0.4) is 0 Å². The van der Waals surface area contributed by atoms with Crippen molar-refractivity contribution in [2.45, 2.75) is 52.9 Å². The standard InChI is InChI=1S/C28H35N5O5/c1-18-26-22(16-28(2,3)17-23(26)34)33(31-18)19-7-8-20(27(29)37)21(15-19)30-11-6-14-38-13-5-4-12-32-24(35)9-10-25(32)36/h7-10,15,30H,4-6,11-14,16-17H2,1-3H3,(H2,29,37). The van der Waals surface area contributed by atoms with Crippen molar-refractivity contribution in [3.63, 3.8) is 0 Å². The molecule has 0 radical (unpaired) electrons. The van der Waals surface area contributed by atoms with E-state index >= 15 is 0 Å². The van der Waals surface area contributed by atoms with Crippen LogP contribution in [-0.2, 0) is 20.7 Å². The molecular formula is C28H35N5O5. The van der Waals surface area contributed by atoms with E-state index in [4.69, 9.17) is 10.5 Å². The summed E-state index contributed by atoms with van der Waals surface area (Å²) >= 11 is 0. The molecule has 38 heavy (non-hydrogen) atoms. The van der Waals surface area contributed by atoms with Gasteiger partial charge in [0.1, 0.15) is 0 Å². The Morgan fingerprint density at radius 2 is 1.79 bits per heavy atom. The third-order valence-electron chi connectivity index (χ3n) is 6.84. The number of anilines is 1. The number of nitrogens with zero attached hydrogens (tertiary/aromatic N) is 3. The number of fused-ring (bicyclic) bond motifs is 1. The van der Waals surface area contributed by atoms with Gasteiger partial charge in [0.05, 0.1) is 28.2 Å². The maximum absolute atomic E-state index is 12.8. The Morgan fingerprint density at radius 1 is 1.08 bits per heavy atom. The van der Waals surface area contributed by atoms with Gasteiger partial charge in [-0.15, -0.1) is 0 Å². The maximum atomic E-state index is 12.8. The molecule has 1 aromatic heterocycles. The van der Waals surface area contributed by atoms with E-state index in [9.17, 15) is 19.2 Å². The minimum atomic E-state index is -0.532. The molecule has 4 rings (SSSR count). The Bertz CT molecular complexity index is 1270. The predicted octanol–water partition coefficient (Wildman–Crippen LogP) is 2.96. The van der Waals surface area contributed by atoms with Crippen LogP contribution in [0.5, 0.6) is 0 Å². The summed E-state index contributed by atoms with van der Waals surface area (Å²) in [5, 5.41) is 7.95. The van der Waals surface area contributed by atoms with Crippen molar-refractivity contribution in [3.05, 3.63) is 52.9 Å². The summed E-state index contributed by atoms with van der Waals surface area (Å²) in [6, 6.07) is 5.32. The molecule has 202 valence electrons. The molecule has 0 saturated carbocycles. The molecule has 3 N–H and O–H groups in total. The van der Waals surface area contributed by atoms with Gasteiger partial charge in [-0.25, -0.2) is 4.68 Å². The Balaban J connectivity index is 1.31. The molecule has 2 aliphatic rings. The Morgan fingerprint density at radius 3 is 2.50 bits per heavy atom. The fraction of sp³-hybridized carbons (Fsp3) is 0.464. The number of amides is 3. The van der Waals surface area contributed by atoms with Crippen molar-refractivity contribution in [3.8, 4) is 5.69 Å². The average Bonchev–Trinajstić information content (AvgIpc) is 3.34. The summed E-state index contributed by atoms with van der Waals surface area (Å²) in [7, 11) is 0. The van der Waals surface area contributed by atoms with Gasteiger partial charge in [0.15, 0.2) is 5.78 Å². The van der Waals surface area contributed by atoms with Crippen LogP contribution in [0.25, 0.3) is 5.69 Å². The summed E-state index contributed by atoms with van der Waals surface area (Å²) in [5.41, 5.74) is 9.51. The van der Waals surface area contributed by atoms with Crippen molar-refractivity contribution in [1.29, 1.82) is 0 Å². The highest BCUT2D eigenvalue weighted by atomic mass is 16.5. The first-order chi connectivity index (χ1) is 18.1. The van der Waals surface area contributed by atoms with Crippen LogP contribution < -0.4 is 11.1 Å². The van der Waals surface area contributed by atoms with Gasteiger partial charge in [-0.1, -0.05) is 13.8 Å². The van der Waals surface area contributed by atoms with E-state index in [0.717, 1.165) is 24.2 Å². The van der Waals surface area contributed by atoms with Crippen molar-refractivity contribution in [1.82, 2.24) is 14.7 Å². The summed E-state index contributed by atoms with van der Waals surface area (Å²) in [6.45, 7) is 8.03. The number of hydrogen-bond donors (Lipinski definition) is 2. The lowest BCUT2D eigenvalue weighted by molar-refractivity contribution is -0.136. The Kier molecular flexibility index (Phi) is 8.11. The molecule has 10 heteroatoms. The molecule has 3 amide bonds. The fourth-order valence-electron chi connectivity index (χ4n) is 5.00. The largest absolute Gasteiger partial charge is 0.384 e. The van der Waals surface area contributed by atoms with E-state index in [1.165, 1.54) is 17.1 Å². The number of aryl methyl sites for hydroxylation is 1. The van der Waals surface area contributed by atoms with Crippen LogP contribution in [-0.4, -0.2) is 64.5 Å². The summed E-state index contributed by atoms with van der Waals surface area (Å²) in [4.78, 5) is 49.1. The van der Waals surface area contributed by atoms with Crippen LogP contribution in [0.1, 0.15) is 71.6 Å². The molecule has 1 aliphatic carbocycles. The first-order valence-electron chi connectivity index (χ1n) is 13.0. The van der Waals surface area contributed by atoms with Gasteiger partial charge < -0.3 is 15.8 Å². The SMILES string of the molecule is Cc1nn(-c2ccc(C(N)=O)c(NCCCOCCCCN3C(=O)C=CC3=O)c2)c2c1C(=O)CC(C)(C)C2. The van der Waals surface area contributed by atoms with Crippen molar-refractivity contribution in [2.75, 3.05) is 31.6 Å². The second-order valence-electron chi connectivity index (χ2n) is 10.6. The summed E-state index contributed by atoms with van der Waals surface area (Å²) in [5.74, 6) is -0.944. The molecule has 0 atom stereocenters. The lowest BCUT2D eigenvalue weighted by atomic mass is 9.75. The molecule has 0 fully saturated rings. The fourth-order valence-corrected chi connectivity index (χ4v) is 5.00. The number of hydrogen-bond acceptors (Lipinski definition) is 7. The average molecular weight is 522 g/mol. The van der Waals surface area contributed by atoms with Gasteiger partial charge in [0, 0.05) is 50.6 Å². The number of imide groups is 1. The molecular weight excluding hydrogens is 486 g/mol. The highest BCUT2D eigenvalue weighted by Gasteiger charge is 2.35. The van der Waals surface area contributed by atoms with Gasteiger partial charge in [-0.05, 0) is 56.2 Å². The zero-order valence-electron chi connectivity index (χ0n) is 22.2. The van der Waals surface area contributed by atoms with Crippen LogP contribution in [0.2, 0.25) is 0 Å². The van der Waals surface area contributed by atoms with Gasteiger partial charge in [-0.2, -0.15) is 5.10 Å². The zero-order valence-corrected chi connectivity index (χ0v) is 22.2. The highest BCUT2D eigenvalue weighted by Crippen LogP contribution is 2.37. The number of ketones is 1. The number of aromatic nitrogens is 2. The van der Waals surface area contributed by atoms with Crippen LogP contribution in [0.4, 0.5) is 5.69 Å². The molecule has 1 aliphatic heterocycles. The number of ether oxygens (including phenoxy) is 1. The predicted molar refractivity (Wildman–Crippen MR) is 142 cm³/mol. The molecule has 0 unspecified atom stereocenters.